The lowest BCUT2D eigenvalue weighted by molar-refractivity contribution is -0.121. The largest absolute Gasteiger partial charge is 0.424 e. The molecule has 2 N–H and O–H groups in total. The van der Waals surface area contributed by atoms with Crippen molar-refractivity contribution in [3.63, 3.8) is 0 Å². The molecule has 0 unspecified atom stereocenters. The number of nitrogens with one attached hydrogen (secondary N) is 1. The minimum absolute atomic E-state index is 0.0145. The Bertz CT molecular complexity index is 1270. The van der Waals surface area contributed by atoms with E-state index in [1.807, 2.05) is 36.4 Å². The summed E-state index contributed by atoms with van der Waals surface area (Å²) in [7, 11) is 0. The highest BCUT2D eigenvalue weighted by Gasteiger charge is 2.42. The maximum atomic E-state index is 12.1. The van der Waals surface area contributed by atoms with Gasteiger partial charge in [-0.25, -0.2) is 4.98 Å². The van der Waals surface area contributed by atoms with Crippen molar-refractivity contribution >= 4 is 39.1 Å². The summed E-state index contributed by atoms with van der Waals surface area (Å²) in [6.45, 7) is 0.567. The van der Waals surface area contributed by atoms with Crippen molar-refractivity contribution in [2.24, 2.45) is 5.41 Å². The third kappa shape index (κ3) is 4.53. The molecule has 32 heavy (non-hydrogen) atoms. The summed E-state index contributed by atoms with van der Waals surface area (Å²) in [5, 5.41) is 21.6. The molecule has 1 aliphatic carbocycles. The fraction of sp³-hybridized carbons (Fsp3) is 0.304. The van der Waals surface area contributed by atoms with Gasteiger partial charge >= 0.3 is 0 Å². The van der Waals surface area contributed by atoms with Crippen molar-refractivity contribution in [1.82, 2.24) is 20.5 Å². The van der Waals surface area contributed by atoms with Gasteiger partial charge < -0.3 is 14.8 Å². The average Bonchev–Trinajstić information content (AvgIpc) is 3.27. The Morgan fingerprint density at radius 1 is 1.16 bits per heavy atom. The van der Waals surface area contributed by atoms with Gasteiger partial charge in [-0.2, -0.15) is 0 Å². The molecule has 0 atom stereocenters. The van der Waals surface area contributed by atoms with E-state index < -0.39 is 0 Å². The predicted octanol–water partition coefficient (Wildman–Crippen LogP) is 4.02. The number of hydrogen-bond acceptors (Lipinski definition) is 7. The number of amides is 1. The second-order valence-corrected chi connectivity index (χ2v) is 9.68. The highest BCUT2D eigenvalue weighted by molar-refractivity contribution is 7.18. The first-order valence-electron chi connectivity index (χ1n) is 10.4. The van der Waals surface area contributed by atoms with Gasteiger partial charge in [0.15, 0.2) is 0 Å². The summed E-state index contributed by atoms with van der Waals surface area (Å²) >= 11 is 8.03. The minimum atomic E-state index is -0.194. The van der Waals surface area contributed by atoms with Crippen LogP contribution in [0.1, 0.15) is 29.6 Å². The first-order chi connectivity index (χ1) is 15.5. The number of aliphatic hydroxyl groups is 1. The SMILES string of the molecule is O=C(Cc1nnc(Cc2nc3c(Cl)cc(-c4ccccc4)cc3s2)o1)NCC1(CO)CC1. The third-order valence-corrected chi connectivity index (χ3v) is 6.97. The zero-order valence-electron chi connectivity index (χ0n) is 17.2. The number of fused-ring (bicyclic) bond motifs is 1. The molecule has 2 aromatic heterocycles. The Hall–Kier alpha value is -2.81. The topological polar surface area (TPSA) is 101 Å². The van der Waals surface area contributed by atoms with Gasteiger partial charge in [-0.1, -0.05) is 41.9 Å². The van der Waals surface area contributed by atoms with Crippen LogP contribution in [0.25, 0.3) is 21.3 Å². The van der Waals surface area contributed by atoms with Crippen molar-refractivity contribution in [2.75, 3.05) is 13.2 Å². The molecule has 5 rings (SSSR count). The molecular weight excluding hydrogens is 448 g/mol. The number of hydrogen-bond donors (Lipinski definition) is 2. The molecule has 2 heterocycles. The minimum Gasteiger partial charge on any atom is -0.424 e. The summed E-state index contributed by atoms with van der Waals surface area (Å²) in [4.78, 5) is 16.8. The summed E-state index contributed by atoms with van der Waals surface area (Å²) in [5.41, 5.74) is 2.75. The Labute approximate surface area is 193 Å². The van der Waals surface area contributed by atoms with Gasteiger partial charge in [0, 0.05) is 12.0 Å². The van der Waals surface area contributed by atoms with Gasteiger partial charge in [0.1, 0.15) is 16.9 Å². The highest BCUT2D eigenvalue weighted by Crippen LogP contribution is 2.44. The van der Waals surface area contributed by atoms with Crippen LogP contribution in [0.5, 0.6) is 0 Å². The smallest absolute Gasteiger partial charge is 0.229 e. The number of rotatable bonds is 8. The Kier molecular flexibility index (Phi) is 5.67. The number of carbonyl (C=O) groups excluding carboxylic acids is 1. The number of carbonyl (C=O) groups is 1. The quantitative estimate of drug-likeness (QED) is 0.405. The Morgan fingerprint density at radius 2 is 1.94 bits per heavy atom. The predicted molar refractivity (Wildman–Crippen MR) is 123 cm³/mol. The number of benzene rings is 2. The molecule has 1 amide bonds. The van der Waals surface area contributed by atoms with Gasteiger partial charge in [0.2, 0.25) is 17.7 Å². The van der Waals surface area contributed by atoms with Crippen LogP contribution in [-0.2, 0) is 17.6 Å². The van der Waals surface area contributed by atoms with E-state index in [4.69, 9.17) is 16.0 Å². The Morgan fingerprint density at radius 3 is 2.69 bits per heavy atom. The molecule has 2 aromatic carbocycles. The molecule has 1 saturated carbocycles. The number of aliphatic hydroxyl groups excluding tert-OH is 1. The van der Waals surface area contributed by atoms with E-state index in [9.17, 15) is 9.90 Å². The lowest BCUT2D eigenvalue weighted by Crippen LogP contribution is -2.32. The van der Waals surface area contributed by atoms with E-state index in [1.165, 1.54) is 11.3 Å². The monoisotopic (exact) mass is 468 g/mol. The van der Waals surface area contributed by atoms with Crippen LogP contribution < -0.4 is 5.32 Å². The van der Waals surface area contributed by atoms with E-state index in [1.54, 1.807) is 0 Å². The van der Waals surface area contributed by atoms with Crippen LogP contribution in [0.15, 0.2) is 46.9 Å². The van der Waals surface area contributed by atoms with Crippen molar-refractivity contribution in [1.29, 1.82) is 0 Å². The highest BCUT2D eigenvalue weighted by atomic mass is 35.5. The van der Waals surface area contributed by atoms with Gasteiger partial charge in [-0.05, 0) is 36.1 Å². The molecule has 0 aliphatic heterocycles. The van der Waals surface area contributed by atoms with Crippen LogP contribution in [0.4, 0.5) is 0 Å². The fourth-order valence-electron chi connectivity index (χ4n) is 3.52. The summed E-state index contributed by atoms with van der Waals surface area (Å²) in [5.74, 6) is 0.470. The summed E-state index contributed by atoms with van der Waals surface area (Å²) in [6.07, 6.45) is 2.26. The van der Waals surface area contributed by atoms with E-state index >= 15 is 0 Å². The van der Waals surface area contributed by atoms with Gasteiger partial charge in [0.05, 0.1) is 22.8 Å². The average molecular weight is 469 g/mol. The maximum Gasteiger partial charge on any atom is 0.229 e. The van der Waals surface area contributed by atoms with E-state index in [-0.39, 0.29) is 30.2 Å². The molecule has 4 aromatic rings. The third-order valence-electron chi connectivity index (χ3n) is 5.68. The molecule has 164 valence electrons. The molecule has 9 heteroatoms. The lowest BCUT2D eigenvalue weighted by atomic mass is 10.1. The molecule has 1 aliphatic rings. The van der Waals surface area contributed by atoms with E-state index in [0.717, 1.165) is 39.2 Å². The molecule has 0 saturated heterocycles. The number of thiazole rings is 1. The maximum absolute atomic E-state index is 12.1. The molecule has 0 radical (unpaired) electrons. The first-order valence-corrected chi connectivity index (χ1v) is 11.6. The second kappa shape index (κ2) is 8.61. The normalized spacial score (nSPS) is 14.6. The second-order valence-electron chi connectivity index (χ2n) is 8.16. The van der Waals surface area contributed by atoms with Gasteiger partial charge in [-0.15, -0.1) is 21.5 Å². The standard InChI is InChI=1S/C23H21ClN4O3S/c24-16-8-15(14-4-2-1-3-5-14)9-17-22(16)26-21(32-17)11-20-28-27-19(31-20)10-18(30)25-12-23(13-29)6-7-23/h1-5,8-9,29H,6-7,10-13H2,(H,25,30). The summed E-state index contributed by atoms with van der Waals surface area (Å²) in [6, 6.07) is 14.1. The lowest BCUT2D eigenvalue weighted by Gasteiger charge is -2.11. The number of nitrogens with zero attached hydrogens (tertiary/aromatic N) is 3. The Balaban J connectivity index is 1.26. The molecule has 0 spiro atoms. The van der Waals surface area contributed by atoms with Crippen LogP contribution in [0.3, 0.4) is 0 Å². The summed E-state index contributed by atoms with van der Waals surface area (Å²) < 4.78 is 6.64. The van der Waals surface area contributed by atoms with Gasteiger partial charge in [-0.3, -0.25) is 4.79 Å². The van der Waals surface area contributed by atoms with Crippen LogP contribution >= 0.6 is 22.9 Å². The van der Waals surface area contributed by atoms with Crippen LogP contribution in [0, 0.1) is 5.41 Å². The zero-order valence-corrected chi connectivity index (χ0v) is 18.7. The molecule has 0 bridgehead atoms. The first kappa shape index (κ1) is 21.1. The van der Waals surface area contributed by atoms with Crippen molar-refractivity contribution < 1.29 is 14.3 Å². The van der Waals surface area contributed by atoms with Crippen LogP contribution in [0.2, 0.25) is 5.02 Å². The molecule has 1 fully saturated rings. The zero-order chi connectivity index (χ0) is 22.1. The van der Waals surface area contributed by atoms with E-state index in [0.29, 0.717) is 23.9 Å². The van der Waals surface area contributed by atoms with E-state index in [2.05, 4.69) is 26.6 Å². The van der Waals surface area contributed by atoms with Crippen molar-refractivity contribution in [2.45, 2.75) is 25.7 Å². The van der Waals surface area contributed by atoms with Crippen molar-refractivity contribution in [3.8, 4) is 11.1 Å². The molecular formula is C23H21ClN4O3S. The van der Waals surface area contributed by atoms with Crippen molar-refractivity contribution in [3.05, 3.63) is 64.3 Å². The number of aromatic nitrogens is 3. The molecule has 7 nitrogen and oxygen atoms in total. The van der Waals surface area contributed by atoms with Gasteiger partial charge in [0.25, 0.3) is 0 Å². The fourth-order valence-corrected chi connectivity index (χ4v) is 4.86. The van der Waals surface area contributed by atoms with Crippen LogP contribution in [-0.4, -0.2) is 39.3 Å². The number of halogens is 1.